The Morgan fingerprint density at radius 3 is 2.46 bits per heavy atom. The summed E-state index contributed by atoms with van der Waals surface area (Å²) in [6.07, 6.45) is 1.15. The van der Waals surface area contributed by atoms with Gasteiger partial charge in [-0.25, -0.2) is 18.1 Å². The van der Waals surface area contributed by atoms with Gasteiger partial charge in [0.25, 0.3) is 0 Å². The Kier molecular flexibility index (Phi) is 9.46. The standard InChI is InChI=1S/C13H26N6O2S2.HI/c1-13(2,18-23(6,20)21)9-16-11(14-3)15-7-10-8-22-12(17-10)19(4)5;/h8,18H,7,9H2,1-6H3,(H2,14,15,16);1H. The van der Waals surface area contributed by atoms with Crippen LogP contribution >= 0.6 is 35.3 Å². The Balaban J connectivity index is 0.00000529. The van der Waals surface area contributed by atoms with Crippen molar-refractivity contribution >= 4 is 56.4 Å². The third-order valence-electron chi connectivity index (χ3n) is 2.74. The summed E-state index contributed by atoms with van der Waals surface area (Å²) in [5.74, 6) is 0.591. The number of halogens is 1. The maximum Gasteiger partial charge on any atom is 0.209 e. The van der Waals surface area contributed by atoms with E-state index in [0.29, 0.717) is 19.0 Å². The van der Waals surface area contributed by atoms with E-state index >= 15 is 0 Å². The van der Waals surface area contributed by atoms with Crippen LogP contribution in [0.2, 0.25) is 0 Å². The highest BCUT2D eigenvalue weighted by Crippen LogP contribution is 2.17. The molecule has 0 saturated heterocycles. The largest absolute Gasteiger partial charge is 0.355 e. The molecule has 0 unspecified atom stereocenters. The van der Waals surface area contributed by atoms with E-state index in [9.17, 15) is 8.42 Å². The third-order valence-corrected chi connectivity index (χ3v) is 4.72. The second kappa shape index (κ2) is 9.73. The summed E-state index contributed by atoms with van der Waals surface area (Å²) in [4.78, 5) is 10.6. The van der Waals surface area contributed by atoms with Crippen molar-refractivity contribution in [3.8, 4) is 0 Å². The van der Waals surface area contributed by atoms with Gasteiger partial charge in [0.05, 0.1) is 18.5 Å². The zero-order valence-corrected chi connectivity index (χ0v) is 18.8. The number of sulfonamides is 1. The molecule has 0 atom stereocenters. The van der Waals surface area contributed by atoms with E-state index in [1.807, 2.05) is 24.4 Å². The van der Waals surface area contributed by atoms with Gasteiger partial charge in [0.15, 0.2) is 11.1 Å². The number of hydrogen-bond acceptors (Lipinski definition) is 6. The molecule has 0 radical (unpaired) electrons. The average Bonchev–Trinajstić information content (AvgIpc) is 2.85. The molecule has 0 aromatic carbocycles. The van der Waals surface area contributed by atoms with Crippen molar-refractivity contribution in [2.75, 3.05) is 38.8 Å². The van der Waals surface area contributed by atoms with E-state index in [1.54, 1.807) is 32.2 Å². The monoisotopic (exact) mass is 490 g/mol. The highest BCUT2D eigenvalue weighted by atomic mass is 127. The van der Waals surface area contributed by atoms with Crippen LogP contribution in [0.1, 0.15) is 19.5 Å². The minimum absolute atomic E-state index is 0. The number of rotatable bonds is 7. The Labute approximate surface area is 165 Å². The molecule has 1 rings (SSSR count). The van der Waals surface area contributed by atoms with E-state index in [-0.39, 0.29) is 24.0 Å². The van der Waals surface area contributed by atoms with Crippen LogP contribution in [0.5, 0.6) is 0 Å². The molecule has 0 bridgehead atoms. The fourth-order valence-corrected chi connectivity index (χ4v) is 3.65. The molecule has 0 aliphatic carbocycles. The maximum absolute atomic E-state index is 11.3. The topological polar surface area (TPSA) is 98.7 Å². The van der Waals surface area contributed by atoms with Crippen molar-refractivity contribution in [2.24, 2.45) is 4.99 Å². The highest BCUT2D eigenvalue weighted by molar-refractivity contribution is 14.0. The maximum atomic E-state index is 11.3. The second-order valence-electron chi connectivity index (χ2n) is 6.05. The summed E-state index contributed by atoms with van der Waals surface area (Å²) < 4.78 is 25.2. The van der Waals surface area contributed by atoms with Crippen molar-refractivity contribution in [1.82, 2.24) is 20.3 Å². The van der Waals surface area contributed by atoms with Crippen molar-refractivity contribution in [3.63, 3.8) is 0 Å². The summed E-state index contributed by atoms with van der Waals surface area (Å²) in [6, 6.07) is 0. The zero-order valence-electron chi connectivity index (χ0n) is 14.9. The van der Waals surface area contributed by atoms with Crippen LogP contribution in [0.3, 0.4) is 0 Å². The van der Waals surface area contributed by atoms with Crippen LogP contribution in [-0.4, -0.2) is 58.8 Å². The molecule has 0 aliphatic heterocycles. The molecular weight excluding hydrogens is 463 g/mol. The van der Waals surface area contributed by atoms with Gasteiger partial charge in [0, 0.05) is 38.6 Å². The molecule has 0 fully saturated rings. The molecule has 11 heteroatoms. The number of aliphatic imine (C=N–C) groups is 1. The molecule has 140 valence electrons. The molecule has 24 heavy (non-hydrogen) atoms. The number of hydrogen-bond donors (Lipinski definition) is 3. The lowest BCUT2D eigenvalue weighted by Gasteiger charge is -2.26. The summed E-state index contributed by atoms with van der Waals surface area (Å²) in [7, 11) is 2.31. The van der Waals surface area contributed by atoms with Crippen LogP contribution in [0.15, 0.2) is 10.4 Å². The van der Waals surface area contributed by atoms with Crippen molar-refractivity contribution in [2.45, 2.75) is 25.9 Å². The van der Waals surface area contributed by atoms with Crippen LogP contribution in [0.25, 0.3) is 0 Å². The quantitative estimate of drug-likeness (QED) is 0.298. The van der Waals surface area contributed by atoms with Gasteiger partial charge < -0.3 is 15.5 Å². The van der Waals surface area contributed by atoms with E-state index in [4.69, 9.17) is 0 Å². The normalized spacial score (nSPS) is 12.5. The molecule has 0 amide bonds. The minimum Gasteiger partial charge on any atom is -0.355 e. The van der Waals surface area contributed by atoms with Gasteiger partial charge in [-0.15, -0.1) is 35.3 Å². The van der Waals surface area contributed by atoms with Gasteiger partial charge in [-0.1, -0.05) is 0 Å². The lowest BCUT2D eigenvalue weighted by atomic mass is 10.1. The number of thiazole rings is 1. The fourth-order valence-electron chi connectivity index (χ4n) is 1.82. The first-order chi connectivity index (χ1) is 10.5. The second-order valence-corrected chi connectivity index (χ2v) is 8.64. The number of aromatic nitrogens is 1. The van der Waals surface area contributed by atoms with Gasteiger partial charge in [0.2, 0.25) is 10.0 Å². The van der Waals surface area contributed by atoms with E-state index in [0.717, 1.165) is 17.1 Å². The van der Waals surface area contributed by atoms with Gasteiger partial charge >= 0.3 is 0 Å². The predicted molar refractivity (Wildman–Crippen MR) is 112 cm³/mol. The van der Waals surface area contributed by atoms with Crippen molar-refractivity contribution < 1.29 is 8.42 Å². The molecule has 0 saturated carbocycles. The molecule has 3 N–H and O–H groups in total. The minimum atomic E-state index is -3.26. The number of guanidine groups is 1. The van der Waals surface area contributed by atoms with Crippen LogP contribution < -0.4 is 20.3 Å². The molecule has 8 nitrogen and oxygen atoms in total. The van der Waals surface area contributed by atoms with Crippen molar-refractivity contribution in [1.29, 1.82) is 0 Å². The van der Waals surface area contributed by atoms with E-state index in [1.165, 1.54) is 0 Å². The summed E-state index contributed by atoms with van der Waals surface area (Å²) in [6.45, 7) is 4.56. The molecule has 1 aromatic rings. The smallest absolute Gasteiger partial charge is 0.209 e. The molecule has 1 heterocycles. The Bertz CT molecular complexity index is 643. The highest BCUT2D eigenvalue weighted by Gasteiger charge is 2.22. The number of nitrogens with zero attached hydrogens (tertiary/aromatic N) is 3. The fraction of sp³-hybridized carbons (Fsp3) is 0.692. The first kappa shape index (κ1) is 23.3. The van der Waals surface area contributed by atoms with Gasteiger partial charge in [-0.3, -0.25) is 4.99 Å². The van der Waals surface area contributed by atoms with E-state index in [2.05, 4.69) is 25.3 Å². The molecular formula is C13H27IN6O2S2. The number of nitrogens with one attached hydrogen (secondary N) is 3. The molecule has 0 spiro atoms. The van der Waals surface area contributed by atoms with E-state index < -0.39 is 15.6 Å². The summed E-state index contributed by atoms with van der Waals surface area (Å²) >= 11 is 1.58. The molecule has 1 aromatic heterocycles. The Hall–Kier alpha value is -0.660. The third kappa shape index (κ3) is 8.99. The first-order valence-electron chi connectivity index (χ1n) is 7.07. The lowest BCUT2D eigenvalue weighted by molar-refractivity contribution is 0.446. The first-order valence-corrected chi connectivity index (χ1v) is 9.85. The van der Waals surface area contributed by atoms with Gasteiger partial charge in [-0.2, -0.15) is 0 Å². The van der Waals surface area contributed by atoms with Crippen molar-refractivity contribution in [3.05, 3.63) is 11.1 Å². The summed E-state index contributed by atoms with van der Waals surface area (Å²) in [5.41, 5.74) is 0.305. The van der Waals surface area contributed by atoms with Crippen LogP contribution in [0, 0.1) is 0 Å². The average molecular weight is 490 g/mol. The SMILES string of the molecule is CN=C(NCc1csc(N(C)C)n1)NCC(C)(C)NS(C)(=O)=O.I. The lowest BCUT2D eigenvalue weighted by Crippen LogP contribution is -2.52. The Morgan fingerprint density at radius 1 is 1.38 bits per heavy atom. The summed E-state index contributed by atoms with van der Waals surface area (Å²) in [5, 5.41) is 9.21. The predicted octanol–water partition coefficient (Wildman–Crippen LogP) is 0.820. The number of anilines is 1. The van der Waals surface area contributed by atoms with Crippen LogP contribution in [0.4, 0.5) is 5.13 Å². The van der Waals surface area contributed by atoms with Gasteiger partial charge in [0.1, 0.15) is 0 Å². The zero-order chi connectivity index (χ0) is 17.7. The molecule has 0 aliphatic rings. The van der Waals surface area contributed by atoms with Crippen LogP contribution in [-0.2, 0) is 16.6 Å². The Morgan fingerprint density at radius 2 is 2.00 bits per heavy atom. The van der Waals surface area contributed by atoms with Gasteiger partial charge in [-0.05, 0) is 13.8 Å².